The molecule has 1 aromatic rings. The zero-order valence-corrected chi connectivity index (χ0v) is 17.9. The number of fused-ring (bicyclic) bond motifs is 2. The molecule has 29 heavy (non-hydrogen) atoms. The van der Waals surface area contributed by atoms with E-state index < -0.39 is 11.2 Å². The third-order valence-electron chi connectivity index (χ3n) is 5.54. The van der Waals surface area contributed by atoms with Crippen LogP contribution in [-0.4, -0.2) is 63.9 Å². The lowest BCUT2D eigenvalue weighted by atomic mass is 10.1. The second-order valence-corrected chi connectivity index (χ2v) is 8.30. The van der Waals surface area contributed by atoms with E-state index in [0.717, 1.165) is 50.8 Å². The summed E-state index contributed by atoms with van der Waals surface area (Å²) in [5.74, 6) is 0.352. The van der Waals surface area contributed by atoms with Crippen molar-refractivity contribution < 1.29 is 16.0 Å². The molecule has 0 amide bonds. The number of quaternary nitrogens is 3. The smallest absolute Gasteiger partial charge is 0.352 e. The number of rotatable bonds is 7. The predicted molar refractivity (Wildman–Crippen MR) is 112 cm³/mol. The molecular weight excluding hydrogens is 370 g/mol. The average molecular weight is 403 g/mol. The van der Waals surface area contributed by atoms with Crippen LogP contribution >= 0.6 is 0 Å². The van der Waals surface area contributed by atoms with Crippen LogP contribution in [-0.2, 0) is 13.1 Å². The molecule has 1 aromatic carbocycles. The molecule has 9 nitrogen and oxygen atoms in total. The summed E-state index contributed by atoms with van der Waals surface area (Å²) in [6.07, 6.45) is 0. The van der Waals surface area contributed by atoms with Crippen LogP contribution in [0, 0.1) is 13.8 Å². The van der Waals surface area contributed by atoms with Crippen LogP contribution in [0.25, 0.3) is 22.6 Å². The number of aromatic nitrogens is 4. The van der Waals surface area contributed by atoms with Gasteiger partial charge >= 0.3 is 5.69 Å². The Hall–Kier alpha value is -2.62. The van der Waals surface area contributed by atoms with Crippen molar-refractivity contribution in [3.63, 3.8) is 0 Å². The first kappa shape index (κ1) is 21.1. The Labute approximate surface area is 169 Å². The molecular formula is C20H32N7O2+3. The second kappa shape index (κ2) is 8.02. The third kappa shape index (κ3) is 4.07. The zero-order chi connectivity index (χ0) is 21.3. The van der Waals surface area contributed by atoms with E-state index in [1.807, 2.05) is 24.5 Å². The molecule has 0 unspecified atom stereocenters. The van der Waals surface area contributed by atoms with Gasteiger partial charge in [-0.15, -0.1) is 0 Å². The fraction of sp³-hybridized carbons (Fsp3) is 0.500. The molecule has 2 aliphatic rings. The normalized spacial score (nSPS) is 12.2. The van der Waals surface area contributed by atoms with Gasteiger partial charge in [0.05, 0.1) is 51.3 Å². The van der Waals surface area contributed by atoms with Gasteiger partial charge in [-0.25, -0.2) is 9.78 Å². The molecule has 0 fully saturated rings. The van der Waals surface area contributed by atoms with Crippen molar-refractivity contribution >= 4 is 11.0 Å². The van der Waals surface area contributed by atoms with Crippen LogP contribution in [0.1, 0.15) is 11.1 Å². The summed E-state index contributed by atoms with van der Waals surface area (Å²) in [5.41, 5.74) is 10.9. The average Bonchev–Trinajstić information content (AvgIpc) is 2.64. The number of nitrogens with zero attached hydrogens (tertiary/aromatic N) is 5. The molecule has 0 bridgehead atoms. The molecule has 0 saturated carbocycles. The monoisotopic (exact) mass is 402 g/mol. The highest BCUT2D eigenvalue weighted by molar-refractivity contribution is 5.81. The maximum absolute atomic E-state index is 13.0. The number of hydrogen-bond acceptors (Lipinski definition) is 4. The topological polar surface area (TPSA) is 125 Å². The van der Waals surface area contributed by atoms with Crippen LogP contribution in [0.2, 0.25) is 0 Å². The van der Waals surface area contributed by atoms with Gasteiger partial charge in [0.25, 0.3) is 5.56 Å². The van der Waals surface area contributed by atoms with Crippen molar-refractivity contribution in [1.82, 2.24) is 19.1 Å². The Balaban J connectivity index is 2.30. The Morgan fingerprint density at radius 1 is 0.931 bits per heavy atom. The molecule has 0 aliphatic carbocycles. The van der Waals surface area contributed by atoms with E-state index >= 15 is 0 Å². The molecule has 2 aliphatic heterocycles. The lowest BCUT2D eigenvalue weighted by Crippen LogP contribution is -2.59. The molecule has 3 rings (SSSR count). The standard InChI is InChI=1S/C20H30N7O2/c1-13-11-15-16(12-14(13)2)25(8-10-27(3,4)9-6-22)18-17(23-15)19(28)26(7-5-21)20(29)24-18/h11-12H,5-10,21-22H2,1-4H3/q+1/p+2. The van der Waals surface area contributed by atoms with Gasteiger partial charge in [0.1, 0.15) is 13.1 Å². The molecule has 2 heterocycles. The second-order valence-electron chi connectivity index (χ2n) is 8.30. The van der Waals surface area contributed by atoms with Crippen LogP contribution < -0.4 is 22.7 Å². The Morgan fingerprint density at radius 2 is 1.62 bits per heavy atom. The zero-order valence-electron chi connectivity index (χ0n) is 17.9. The van der Waals surface area contributed by atoms with Gasteiger partial charge < -0.3 is 20.5 Å². The summed E-state index contributed by atoms with van der Waals surface area (Å²) >= 11 is 0. The first-order valence-corrected chi connectivity index (χ1v) is 10.0. The summed E-state index contributed by atoms with van der Waals surface area (Å²) in [5, 5.41) is 0. The van der Waals surface area contributed by atoms with E-state index in [9.17, 15) is 9.59 Å². The number of aryl methyl sites for hydroxylation is 2. The largest absolute Gasteiger partial charge is 0.356 e. The van der Waals surface area contributed by atoms with E-state index in [4.69, 9.17) is 0 Å². The number of hydrogen-bond donors (Lipinski definition) is 2. The van der Waals surface area contributed by atoms with E-state index in [2.05, 4.69) is 41.6 Å². The summed E-state index contributed by atoms with van der Waals surface area (Å²) in [7, 11) is 4.31. The van der Waals surface area contributed by atoms with Crippen molar-refractivity contribution in [3.05, 3.63) is 44.1 Å². The molecule has 0 atom stereocenters. The fourth-order valence-electron chi connectivity index (χ4n) is 3.62. The highest BCUT2D eigenvalue weighted by atomic mass is 16.2. The Bertz CT molecular complexity index is 1130. The van der Waals surface area contributed by atoms with Gasteiger partial charge in [0.15, 0.2) is 11.5 Å². The summed E-state index contributed by atoms with van der Waals surface area (Å²) < 4.78 is 3.89. The van der Waals surface area contributed by atoms with Crippen molar-refractivity contribution in [1.29, 1.82) is 0 Å². The van der Waals surface area contributed by atoms with Gasteiger partial charge in [-0.1, -0.05) is 0 Å². The van der Waals surface area contributed by atoms with Crippen LogP contribution in [0.15, 0.2) is 21.7 Å². The van der Waals surface area contributed by atoms with Crippen molar-refractivity contribution in [2.24, 2.45) is 0 Å². The Kier molecular flexibility index (Phi) is 5.83. The van der Waals surface area contributed by atoms with E-state index in [1.54, 1.807) is 0 Å². The van der Waals surface area contributed by atoms with Crippen LogP contribution in [0.5, 0.6) is 0 Å². The highest BCUT2D eigenvalue weighted by Crippen LogP contribution is 2.24. The van der Waals surface area contributed by atoms with Gasteiger partial charge in [-0.3, -0.25) is 9.36 Å². The van der Waals surface area contributed by atoms with E-state index in [-0.39, 0.29) is 12.2 Å². The predicted octanol–water partition coefficient (Wildman–Crippen LogP) is -1.76. The maximum Gasteiger partial charge on any atom is 0.352 e. The fourth-order valence-corrected chi connectivity index (χ4v) is 3.62. The summed E-state index contributed by atoms with van der Waals surface area (Å²) in [6.45, 7) is 7.97. The third-order valence-corrected chi connectivity index (χ3v) is 5.54. The lowest BCUT2D eigenvalue weighted by Gasteiger charge is -2.29. The molecule has 0 saturated heterocycles. The highest BCUT2D eigenvalue weighted by Gasteiger charge is 2.24. The van der Waals surface area contributed by atoms with Crippen LogP contribution in [0.4, 0.5) is 0 Å². The minimum absolute atomic E-state index is 0.233. The van der Waals surface area contributed by atoms with Gasteiger partial charge in [-0.05, 0) is 37.1 Å². The van der Waals surface area contributed by atoms with Gasteiger partial charge in [0, 0.05) is 0 Å². The number of benzene rings is 1. The van der Waals surface area contributed by atoms with E-state index in [1.165, 1.54) is 0 Å². The quantitative estimate of drug-likeness (QED) is 0.358. The summed E-state index contributed by atoms with van der Waals surface area (Å²) in [4.78, 5) is 34.4. The Morgan fingerprint density at radius 3 is 2.28 bits per heavy atom. The first-order valence-electron chi connectivity index (χ1n) is 10.0. The molecule has 0 aromatic heterocycles. The molecule has 9 heteroatoms. The molecule has 6 N–H and O–H groups in total. The number of likely N-dealkylation sites (N-methyl/N-ethyl adjacent to an activating group) is 1. The van der Waals surface area contributed by atoms with Gasteiger partial charge in [-0.2, -0.15) is 4.98 Å². The minimum Gasteiger partial charge on any atom is -0.356 e. The van der Waals surface area contributed by atoms with Gasteiger partial charge in [0.2, 0.25) is 0 Å². The molecule has 0 radical (unpaired) electrons. The summed E-state index contributed by atoms with van der Waals surface area (Å²) in [6, 6.07) is 4.05. The SMILES string of the molecule is Cc1cc2nc3c(=O)n(CC[NH3+])c(=O)nc-3n(CC[N+](C)(C)CC[NH3+])c2cc1C. The van der Waals surface area contributed by atoms with E-state index in [0.29, 0.717) is 18.9 Å². The van der Waals surface area contributed by atoms with Crippen molar-refractivity contribution in [2.45, 2.75) is 26.9 Å². The molecule has 156 valence electrons. The van der Waals surface area contributed by atoms with Crippen molar-refractivity contribution in [3.8, 4) is 11.5 Å². The van der Waals surface area contributed by atoms with Crippen molar-refractivity contribution in [2.75, 3.05) is 40.3 Å². The molecule has 0 spiro atoms. The van der Waals surface area contributed by atoms with Crippen LogP contribution in [0.3, 0.4) is 0 Å². The minimum atomic E-state index is -0.545. The lowest BCUT2D eigenvalue weighted by molar-refractivity contribution is -0.895. The maximum atomic E-state index is 13.0. The first-order chi connectivity index (χ1) is 13.7.